The molecule has 0 radical (unpaired) electrons. The Labute approximate surface area is 147 Å². The molecular weight excluding hydrogens is 358 g/mol. The molecule has 0 fully saturated rings. The summed E-state index contributed by atoms with van der Waals surface area (Å²) in [5.41, 5.74) is 0.330. The third-order valence-corrected chi connectivity index (χ3v) is 4.91. The Morgan fingerprint density at radius 2 is 1.75 bits per heavy atom. The van der Waals surface area contributed by atoms with Crippen LogP contribution in [0.2, 0.25) is 0 Å². The van der Waals surface area contributed by atoms with Crippen molar-refractivity contribution in [2.75, 3.05) is 40.4 Å². The number of sulfonamides is 1. The van der Waals surface area contributed by atoms with Crippen LogP contribution in [0.25, 0.3) is 0 Å². The molecule has 0 unspecified atom stereocenters. The summed E-state index contributed by atoms with van der Waals surface area (Å²) in [6.45, 7) is 1.82. The van der Waals surface area contributed by atoms with Crippen LogP contribution in [0.3, 0.4) is 0 Å². The van der Waals surface area contributed by atoms with Crippen molar-refractivity contribution in [1.82, 2.24) is 14.9 Å². The first kappa shape index (κ1) is 20.5. The van der Waals surface area contributed by atoms with Crippen LogP contribution in [-0.2, 0) is 14.8 Å². The second-order valence-electron chi connectivity index (χ2n) is 5.02. The summed E-state index contributed by atoms with van der Waals surface area (Å²) in [5.74, 6) is -0.924. The Hall–Kier alpha value is -1.52. The van der Waals surface area contributed by atoms with Crippen LogP contribution in [0.1, 0.15) is 20.7 Å². The Bertz CT molecular complexity index is 723. The molecule has 2 rings (SSSR count). The first-order valence-corrected chi connectivity index (χ1v) is 8.52. The Kier molecular flexibility index (Phi) is 7.30. The lowest BCUT2D eigenvalue weighted by Crippen LogP contribution is -2.33. The summed E-state index contributed by atoms with van der Waals surface area (Å²) in [4.78, 5) is 24.6. The zero-order chi connectivity index (χ0) is 17.0. The number of halogens is 1. The van der Waals surface area contributed by atoms with Crippen molar-refractivity contribution >= 4 is 34.2 Å². The third kappa shape index (κ3) is 4.31. The lowest BCUT2D eigenvalue weighted by atomic mass is 10.1. The predicted octanol–water partition coefficient (Wildman–Crippen LogP) is -0.151. The lowest BCUT2D eigenvalue weighted by molar-refractivity contribution is 0.0693. The number of imide groups is 1. The Morgan fingerprint density at radius 1 is 1.08 bits per heavy atom. The highest BCUT2D eigenvalue weighted by Crippen LogP contribution is 2.24. The van der Waals surface area contributed by atoms with Crippen molar-refractivity contribution in [2.45, 2.75) is 4.90 Å². The number of methoxy groups -OCH3 is 1. The summed E-state index contributed by atoms with van der Waals surface area (Å²) in [6.07, 6.45) is 0. The van der Waals surface area contributed by atoms with Gasteiger partial charge < -0.3 is 10.1 Å². The molecule has 0 bridgehead atoms. The number of nitrogens with one attached hydrogen (secondary N) is 2. The first-order chi connectivity index (χ1) is 10.9. The average Bonchev–Trinajstić information content (AvgIpc) is 2.75. The standard InChI is InChI=1S/C14H19N3O5S.ClH/c1-17-13(18)11-4-3-10(9-12(11)14(17)19)23(20,21)16-6-5-15-7-8-22-2;/h3-4,9,15-16H,5-8H2,1-2H3;1H. The van der Waals surface area contributed by atoms with Crippen LogP contribution in [-0.4, -0.2) is 65.5 Å². The fourth-order valence-corrected chi connectivity index (χ4v) is 3.22. The van der Waals surface area contributed by atoms with Crippen LogP contribution in [0, 0.1) is 0 Å². The molecule has 24 heavy (non-hydrogen) atoms. The van der Waals surface area contributed by atoms with E-state index in [-0.39, 0.29) is 35.0 Å². The number of hydrogen-bond donors (Lipinski definition) is 2. The summed E-state index contributed by atoms with van der Waals surface area (Å²) >= 11 is 0. The fourth-order valence-electron chi connectivity index (χ4n) is 2.16. The molecule has 0 spiro atoms. The molecule has 0 saturated carbocycles. The maximum atomic E-state index is 12.2. The number of rotatable bonds is 8. The minimum atomic E-state index is -3.74. The van der Waals surface area contributed by atoms with Crippen molar-refractivity contribution in [1.29, 1.82) is 0 Å². The molecule has 1 aliphatic rings. The van der Waals surface area contributed by atoms with Crippen molar-refractivity contribution in [3.05, 3.63) is 29.3 Å². The molecule has 0 saturated heterocycles. The molecule has 8 nitrogen and oxygen atoms in total. The van der Waals surface area contributed by atoms with E-state index in [1.807, 2.05) is 0 Å². The lowest BCUT2D eigenvalue weighted by Gasteiger charge is -2.08. The number of amides is 2. The molecule has 1 aromatic rings. The molecule has 0 aromatic heterocycles. The van der Waals surface area contributed by atoms with Crippen LogP contribution in [0.4, 0.5) is 0 Å². The zero-order valence-electron chi connectivity index (χ0n) is 13.4. The number of carbonyl (C=O) groups excluding carboxylic acids is 2. The minimum Gasteiger partial charge on any atom is -0.383 e. The maximum absolute atomic E-state index is 12.2. The Morgan fingerprint density at radius 3 is 2.42 bits per heavy atom. The van der Waals surface area contributed by atoms with Crippen LogP contribution in [0.5, 0.6) is 0 Å². The maximum Gasteiger partial charge on any atom is 0.261 e. The van der Waals surface area contributed by atoms with E-state index in [2.05, 4.69) is 10.0 Å². The molecule has 10 heteroatoms. The molecule has 0 atom stereocenters. The van der Waals surface area contributed by atoms with E-state index in [0.717, 1.165) is 4.90 Å². The van der Waals surface area contributed by atoms with E-state index >= 15 is 0 Å². The van der Waals surface area contributed by atoms with Crippen LogP contribution in [0.15, 0.2) is 23.1 Å². The number of ether oxygens (including phenoxy) is 1. The second-order valence-corrected chi connectivity index (χ2v) is 6.78. The van der Waals surface area contributed by atoms with E-state index in [1.165, 1.54) is 25.2 Å². The van der Waals surface area contributed by atoms with Gasteiger partial charge in [0.05, 0.1) is 22.6 Å². The van der Waals surface area contributed by atoms with Gasteiger partial charge in [-0.05, 0) is 18.2 Å². The zero-order valence-corrected chi connectivity index (χ0v) is 15.0. The van der Waals surface area contributed by atoms with Gasteiger partial charge in [0.25, 0.3) is 11.8 Å². The number of hydrogen-bond acceptors (Lipinski definition) is 6. The van der Waals surface area contributed by atoms with Gasteiger partial charge in [0.1, 0.15) is 0 Å². The van der Waals surface area contributed by atoms with E-state index < -0.39 is 21.8 Å². The van der Waals surface area contributed by atoms with Gasteiger partial charge in [-0.2, -0.15) is 0 Å². The first-order valence-electron chi connectivity index (χ1n) is 7.04. The van der Waals surface area contributed by atoms with E-state index in [9.17, 15) is 18.0 Å². The van der Waals surface area contributed by atoms with E-state index in [4.69, 9.17) is 4.74 Å². The highest BCUT2D eigenvalue weighted by molar-refractivity contribution is 7.89. The van der Waals surface area contributed by atoms with Crippen molar-refractivity contribution < 1.29 is 22.7 Å². The smallest absolute Gasteiger partial charge is 0.261 e. The Balaban J connectivity index is 0.00000288. The van der Waals surface area contributed by atoms with Crippen molar-refractivity contribution in [3.8, 4) is 0 Å². The van der Waals surface area contributed by atoms with Gasteiger partial charge in [-0.3, -0.25) is 14.5 Å². The molecule has 134 valence electrons. The van der Waals surface area contributed by atoms with Gasteiger partial charge in [-0.15, -0.1) is 12.4 Å². The van der Waals surface area contributed by atoms with Crippen LogP contribution < -0.4 is 10.0 Å². The highest BCUT2D eigenvalue weighted by atomic mass is 35.5. The monoisotopic (exact) mass is 377 g/mol. The van der Waals surface area contributed by atoms with E-state index in [1.54, 1.807) is 7.11 Å². The largest absolute Gasteiger partial charge is 0.383 e. The van der Waals surface area contributed by atoms with Gasteiger partial charge in [-0.1, -0.05) is 0 Å². The van der Waals surface area contributed by atoms with Gasteiger partial charge in [0.2, 0.25) is 10.0 Å². The predicted molar refractivity (Wildman–Crippen MR) is 90.0 cm³/mol. The summed E-state index contributed by atoms with van der Waals surface area (Å²) < 4.78 is 31.7. The summed E-state index contributed by atoms with van der Waals surface area (Å²) in [7, 11) is -0.787. The molecule has 2 amide bonds. The van der Waals surface area contributed by atoms with Gasteiger partial charge in [-0.25, -0.2) is 13.1 Å². The van der Waals surface area contributed by atoms with Gasteiger partial charge in [0, 0.05) is 33.8 Å². The molecular formula is C14H20ClN3O5S. The number of fused-ring (bicyclic) bond motifs is 1. The SMILES string of the molecule is COCCNCCNS(=O)(=O)c1ccc2c(c1)C(=O)N(C)C2=O.Cl. The van der Waals surface area contributed by atoms with Crippen molar-refractivity contribution in [2.24, 2.45) is 0 Å². The molecule has 1 heterocycles. The summed E-state index contributed by atoms with van der Waals surface area (Å²) in [6, 6.07) is 3.92. The molecule has 1 aromatic carbocycles. The highest BCUT2D eigenvalue weighted by Gasteiger charge is 2.33. The number of carbonyl (C=O) groups is 2. The molecule has 1 aliphatic heterocycles. The normalized spacial score (nSPS) is 13.8. The van der Waals surface area contributed by atoms with Crippen molar-refractivity contribution in [3.63, 3.8) is 0 Å². The van der Waals surface area contributed by atoms with Gasteiger partial charge in [0.15, 0.2) is 0 Å². The summed E-state index contributed by atoms with van der Waals surface area (Å²) in [5, 5.41) is 3.01. The fraction of sp³-hybridized carbons (Fsp3) is 0.429. The number of nitrogens with zero attached hydrogens (tertiary/aromatic N) is 1. The van der Waals surface area contributed by atoms with Crippen LogP contribution >= 0.6 is 12.4 Å². The molecule has 0 aliphatic carbocycles. The van der Waals surface area contributed by atoms with E-state index in [0.29, 0.717) is 19.7 Å². The number of benzene rings is 1. The van der Waals surface area contributed by atoms with Gasteiger partial charge >= 0.3 is 0 Å². The minimum absolute atomic E-state index is 0. The quantitative estimate of drug-likeness (QED) is 0.482. The average molecular weight is 378 g/mol. The molecule has 2 N–H and O–H groups in total. The second kappa shape index (κ2) is 8.54. The third-order valence-electron chi connectivity index (χ3n) is 3.45. The topological polar surface area (TPSA) is 105 Å².